The number of phenolic OH excluding ortho intramolecular Hbond substituents is 1. The van der Waals surface area contributed by atoms with Crippen molar-refractivity contribution < 1.29 is 9.84 Å². The van der Waals surface area contributed by atoms with Crippen molar-refractivity contribution in [3.63, 3.8) is 0 Å². The van der Waals surface area contributed by atoms with E-state index in [1.807, 2.05) is 24.3 Å². The molecular formula is C17H12N2O2S. The molecule has 22 heavy (non-hydrogen) atoms. The van der Waals surface area contributed by atoms with E-state index >= 15 is 0 Å². The first-order chi connectivity index (χ1) is 10.7. The Bertz CT molecular complexity index is 873. The number of nitriles is 1. The minimum absolute atomic E-state index is 0.118. The third-order valence-electron chi connectivity index (χ3n) is 3.16. The lowest BCUT2D eigenvalue weighted by Crippen LogP contribution is -1.88. The Balaban J connectivity index is 2.09. The van der Waals surface area contributed by atoms with Crippen LogP contribution >= 0.6 is 11.3 Å². The number of methoxy groups -OCH3 is 1. The smallest absolute Gasteiger partial charge is 0.135 e. The second-order valence-electron chi connectivity index (χ2n) is 4.58. The molecule has 0 bridgehead atoms. The van der Waals surface area contributed by atoms with Crippen LogP contribution in [-0.4, -0.2) is 17.2 Å². The van der Waals surface area contributed by atoms with E-state index in [0.717, 1.165) is 15.8 Å². The lowest BCUT2D eigenvalue weighted by Gasteiger charge is -2.05. The van der Waals surface area contributed by atoms with E-state index in [1.165, 1.54) is 24.5 Å². The number of fused-ring (bicyclic) bond motifs is 1. The minimum Gasteiger partial charge on any atom is -0.508 e. The summed E-state index contributed by atoms with van der Waals surface area (Å²) in [5, 5.41) is 19.6. The molecule has 3 rings (SSSR count). The highest BCUT2D eigenvalue weighted by Gasteiger charge is 2.10. The number of nitrogens with zero attached hydrogens (tertiary/aromatic N) is 2. The summed E-state index contributed by atoms with van der Waals surface area (Å²) in [6.45, 7) is 0. The molecule has 0 aliphatic rings. The summed E-state index contributed by atoms with van der Waals surface area (Å²) < 4.78 is 6.27. The maximum atomic E-state index is 9.50. The number of hydrogen-bond donors (Lipinski definition) is 1. The molecule has 4 nitrogen and oxygen atoms in total. The number of rotatable bonds is 3. The molecular weight excluding hydrogens is 296 g/mol. The molecule has 0 saturated carbocycles. The number of aromatic nitrogens is 1. The van der Waals surface area contributed by atoms with Crippen molar-refractivity contribution in [3.05, 3.63) is 53.0 Å². The summed E-state index contributed by atoms with van der Waals surface area (Å²) in [7, 11) is 1.52. The van der Waals surface area contributed by atoms with Gasteiger partial charge in [0.15, 0.2) is 0 Å². The van der Waals surface area contributed by atoms with Crippen molar-refractivity contribution in [1.29, 1.82) is 5.26 Å². The largest absolute Gasteiger partial charge is 0.508 e. The van der Waals surface area contributed by atoms with E-state index in [-0.39, 0.29) is 5.75 Å². The normalized spacial score (nSPS) is 11.4. The zero-order valence-electron chi connectivity index (χ0n) is 11.8. The lowest BCUT2D eigenvalue weighted by molar-refractivity contribution is 0.407. The molecule has 3 aromatic rings. The van der Waals surface area contributed by atoms with Crippen LogP contribution in [-0.2, 0) is 0 Å². The highest BCUT2D eigenvalue weighted by Crippen LogP contribution is 2.31. The van der Waals surface area contributed by atoms with Gasteiger partial charge in [-0.05, 0) is 30.3 Å². The van der Waals surface area contributed by atoms with Crippen LogP contribution in [0.15, 0.2) is 42.5 Å². The summed E-state index contributed by atoms with van der Waals surface area (Å²) in [6.07, 6.45) is 1.72. The van der Waals surface area contributed by atoms with Crippen LogP contribution in [0.1, 0.15) is 10.6 Å². The quantitative estimate of drug-likeness (QED) is 0.741. The number of para-hydroxylation sites is 1. The summed E-state index contributed by atoms with van der Waals surface area (Å²) in [5.74, 6) is 0.626. The molecule has 5 heteroatoms. The summed E-state index contributed by atoms with van der Waals surface area (Å²) in [4.78, 5) is 4.49. The molecule has 1 heterocycles. The molecule has 2 aromatic carbocycles. The Morgan fingerprint density at radius 2 is 2.14 bits per heavy atom. The topological polar surface area (TPSA) is 66.1 Å². The molecule has 0 aliphatic heterocycles. The Hall–Kier alpha value is -2.84. The number of aromatic hydroxyl groups is 1. The monoisotopic (exact) mass is 308 g/mol. The highest BCUT2D eigenvalue weighted by molar-refractivity contribution is 7.19. The van der Waals surface area contributed by atoms with Crippen LogP contribution in [0, 0.1) is 11.3 Å². The average molecular weight is 308 g/mol. The molecule has 0 unspecified atom stereocenters. The fourth-order valence-electron chi connectivity index (χ4n) is 2.10. The fraction of sp³-hybridized carbons (Fsp3) is 0.0588. The van der Waals surface area contributed by atoms with Gasteiger partial charge in [0, 0.05) is 11.6 Å². The first-order valence-electron chi connectivity index (χ1n) is 6.56. The van der Waals surface area contributed by atoms with Crippen LogP contribution in [0.4, 0.5) is 0 Å². The Morgan fingerprint density at radius 3 is 2.86 bits per heavy atom. The van der Waals surface area contributed by atoms with E-state index in [9.17, 15) is 10.4 Å². The number of allylic oxidation sites excluding steroid dienone is 1. The fourth-order valence-corrected chi connectivity index (χ4v) is 3.04. The number of thiazole rings is 1. The second-order valence-corrected chi connectivity index (χ2v) is 5.61. The molecule has 0 spiro atoms. The maximum absolute atomic E-state index is 9.50. The third kappa shape index (κ3) is 2.65. The van der Waals surface area contributed by atoms with Crippen molar-refractivity contribution in [2.75, 3.05) is 7.11 Å². The summed E-state index contributed by atoms with van der Waals surface area (Å²) in [5.41, 5.74) is 2.06. The average Bonchev–Trinajstić information content (AvgIpc) is 2.97. The van der Waals surface area contributed by atoms with E-state index in [1.54, 1.807) is 18.2 Å². The van der Waals surface area contributed by atoms with Gasteiger partial charge in [0.1, 0.15) is 22.6 Å². The molecule has 0 aliphatic carbocycles. The lowest BCUT2D eigenvalue weighted by atomic mass is 10.1. The zero-order valence-corrected chi connectivity index (χ0v) is 12.6. The van der Waals surface area contributed by atoms with Crippen LogP contribution in [0.5, 0.6) is 11.5 Å². The minimum atomic E-state index is 0.118. The highest BCUT2D eigenvalue weighted by atomic mass is 32.1. The number of benzene rings is 2. The predicted molar refractivity (Wildman–Crippen MR) is 87.8 cm³/mol. The van der Waals surface area contributed by atoms with Gasteiger partial charge >= 0.3 is 0 Å². The van der Waals surface area contributed by atoms with Gasteiger partial charge in [-0.15, -0.1) is 11.3 Å². The number of ether oxygens (including phenoxy) is 1. The first kappa shape index (κ1) is 14.1. The molecule has 108 valence electrons. The molecule has 0 atom stereocenters. The molecule has 1 N–H and O–H groups in total. The van der Waals surface area contributed by atoms with Crippen LogP contribution in [0.3, 0.4) is 0 Å². The first-order valence-corrected chi connectivity index (χ1v) is 7.37. The zero-order chi connectivity index (χ0) is 15.5. The molecule has 0 saturated heterocycles. The SMILES string of the molecule is COc1cc(O)ccc1C=C(C#N)c1nc2ccccc2s1. The predicted octanol–water partition coefficient (Wildman–Crippen LogP) is 4.07. The van der Waals surface area contributed by atoms with Crippen molar-refractivity contribution in [2.24, 2.45) is 0 Å². The van der Waals surface area contributed by atoms with E-state index in [2.05, 4.69) is 11.1 Å². The van der Waals surface area contributed by atoms with Gasteiger partial charge < -0.3 is 9.84 Å². The van der Waals surface area contributed by atoms with Crippen molar-refractivity contribution in [1.82, 2.24) is 4.98 Å². The molecule has 1 aromatic heterocycles. The maximum Gasteiger partial charge on any atom is 0.135 e. The van der Waals surface area contributed by atoms with Gasteiger partial charge in [0.2, 0.25) is 0 Å². The Kier molecular flexibility index (Phi) is 3.77. The molecule has 0 fully saturated rings. The van der Waals surface area contributed by atoms with Crippen LogP contribution in [0.2, 0.25) is 0 Å². The van der Waals surface area contributed by atoms with Crippen LogP contribution < -0.4 is 4.74 Å². The van der Waals surface area contributed by atoms with Gasteiger partial charge in [0.25, 0.3) is 0 Å². The third-order valence-corrected chi connectivity index (χ3v) is 4.23. The molecule has 0 amide bonds. The van der Waals surface area contributed by atoms with Gasteiger partial charge in [-0.25, -0.2) is 4.98 Å². The number of phenols is 1. The van der Waals surface area contributed by atoms with E-state index in [0.29, 0.717) is 16.3 Å². The van der Waals surface area contributed by atoms with E-state index < -0.39 is 0 Å². The van der Waals surface area contributed by atoms with Gasteiger partial charge in [-0.2, -0.15) is 5.26 Å². The van der Waals surface area contributed by atoms with Crippen molar-refractivity contribution >= 4 is 33.2 Å². The Labute approximate surface area is 131 Å². The summed E-state index contributed by atoms with van der Waals surface area (Å²) in [6, 6.07) is 14.7. The number of hydrogen-bond acceptors (Lipinski definition) is 5. The molecule has 0 radical (unpaired) electrons. The summed E-state index contributed by atoms with van der Waals surface area (Å²) >= 11 is 1.47. The Morgan fingerprint density at radius 1 is 1.32 bits per heavy atom. The van der Waals surface area contributed by atoms with Gasteiger partial charge in [-0.3, -0.25) is 0 Å². The van der Waals surface area contributed by atoms with Crippen LogP contribution in [0.25, 0.3) is 21.9 Å². The standard InChI is InChI=1S/C17H12N2O2S/c1-21-15-9-13(20)7-6-11(15)8-12(10-18)17-19-14-4-2-3-5-16(14)22-17/h2-9,20H,1H3. The second kappa shape index (κ2) is 5.88. The van der Waals surface area contributed by atoms with Gasteiger partial charge in [-0.1, -0.05) is 12.1 Å². The van der Waals surface area contributed by atoms with Crippen molar-refractivity contribution in [3.8, 4) is 17.6 Å². The van der Waals surface area contributed by atoms with E-state index in [4.69, 9.17) is 4.74 Å². The van der Waals surface area contributed by atoms with Crippen molar-refractivity contribution in [2.45, 2.75) is 0 Å². The van der Waals surface area contributed by atoms with Gasteiger partial charge in [0.05, 0.1) is 22.9 Å².